The van der Waals surface area contributed by atoms with E-state index in [0.717, 1.165) is 6.42 Å². The SMILES string of the molecule is CC1(C)CC1C(=O)NCC(O)c1ccc(Cl)cc1Cl. The Bertz CT molecular complexity index is 502. The number of nitrogens with one attached hydrogen (secondary N) is 1. The van der Waals surface area contributed by atoms with Crippen molar-refractivity contribution in [2.45, 2.75) is 26.4 Å². The molecule has 0 bridgehead atoms. The van der Waals surface area contributed by atoms with Crippen LogP contribution in [-0.4, -0.2) is 17.6 Å². The van der Waals surface area contributed by atoms with Crippen LogP contribution in [0.4, 0.5) is 0 Å². The maximum Gasteiger partial charge on any atom is 0.223 e. The topological polar surface area (TPSA) is 49.3 Å². The monoisotopic (exact) mass is 301 g/mol. The fraction of sp³-hybridized carbons (Fsp3) is 0.500. The average molecular weight is 302 g/mol. The third-order valence-electron chi connectivity index (χ3n) is 3.62. The van der Waals surface area contributed by atoms with Crippen molar-refractivity contribution in [3.8, 4) is 0 Å². The maximum atomic E-state index is 11.8. The number of hydrogen-bond acceptors (Lipinski definition) is 2. The zero-order valence-electron chi connectivity index (χ0n) is 10.9. The average Bonchev–Trinajstić information content (AvgIpc) is 2.95. The van der Waals surface area contributed by atoms with Gasteiger partial charge in [-0.05, 0) is 24.0 Å². The van der Waals surface area contributed by atoms with E-state index in [-0.39, 0.29) is 23.8 Å². The standard InChI is InChI=1S/C14H17Cl2NO2/c1-14(2)6-10(14)13(19)17-7-12(18)9-4-3-8(15)5-11(9)16/h3-5,10,12,18H,6-7H2,1-2H3,(H,17,19). The molecule has 104 valence electrons. The molecule has 3 nitrogen and oxygen atoms in total. The molecule has 2 rings (SSSR count). The number of carbonyl (C=O) groups is 1. The summed E-state index contributed by atoms with van der Waals surface area (Å²) in [6.07, 6.45) is 0.0759. The first-order chi connectivity index (χ1) is 8.81. The number of amides is 1. The third-order valence-corrected chi connectivity index (χ3v) is 4.18. The highest BCUT2D eigenvalue weighted by Crippen LogP contribution is 2.51. The lowest BCUT2D eigenvalue weighted by atomic mass is 10.1. The lowest BCUT2D eigenvalue weighted by Gasteiger charge is -2.14. The fourth-order valence-corrected chi connectivity index (χ4v) is 2.65. The predicted octanol–water partition coefficient (Wildman–Crippen LogP) is 3.19. The minimum absolute atomic E-state index is 0.00543. The Kier molecular flexibility index (Phi) is 4.09. The van der Waals surface area contributed by atoms with Crippen LogP contribution in [0.15, 0.2) is 18.2 Å². The smallest absolute Gasteiger partial charge is 0.223 e. The van der Waals surface area contributed by atoms with Gasteiger partial charge < -0.3 is 10.4 Å². The van der Waals surface area contributed by atoms with E-state index >= 15 is 0 Å². The summed E-state index contributed by atoms with van der Waals surface area (Å²) in [4.78, 5) is 11.8. The summed E-state index contributed by atoms with van der Waals surface area (Å²) in [5, 5.41) is 13.7. The van der Waals surface area contributed by atoms with Gasteiger partial charge in [-0.25, -0.2) is 0 Å². The van der Waals surface area contributed by atoms with E-state index < -0.39 is 6.10 Å². The minimum atomic E-state index is -0.824. The number of aliphatic hydroxyl groups is 1. The summed E-state index contributed by atoms with van der Waals surface area (Å²) in [6, 6.07) is 4.91. The number of halogens is 2. The summed E-state index contributed by atoms with van der Waals surface area (Å²) in [6.45, 7) is 4.28. The van der Waals surface area contributed by atoms with Crippen molar-refractivity contribution in [1.82, 2.24) is 5.32 Å². The van der Waals surface area contributed by atoms with E-state index in [1.54, 1.807) is 18.2 Å². The van der Waals surface area contributed by atoms with Gasteiger partial charge in [0.1, 0.15) is 0 Å². The molecule has 0 saturated heterocycles. The second kappa shape index (κ2) is 5.31. The van der Waals surface area contributed by atoms with Crippen LogP contribution in [-0.2, 0) is 4.79 Å². The molecular formula is C14H17Cl2NO2. The van der Waals surface area contributed by atoms with Crippen LogP contribution in [0, 0.1) is 11.3 Å². The zero-order valence-corrected chi connectivity index (χ0v) is 12.4. The van der Waals surface area contributed by atoms with E-state index in [0.29, 0.717) is 15.6 Å². The molecule has 19 heavy (non-hydrogen) atoms. The van der Waals surface area contributed by atoms with E-state index in [9.17, 15) is 9.90 Å². The highest BCUT2D eigenvalue weighted by Gasteiger charge is 2.50. The largest absolute Gasteiger partial charge is 0.387 e. The van der Waals surface area contributed by atoms with Gasteiger partial charge in [-0.2, -0.15) is 0 Å². The molecule has 0 spiro atoms. The minimum Gasteiger partial charge on any atom is -0.387 e. The lowest BCUT2D eigenvalue weighted by molar-refractivity contribution is -0.123. The lowest BCUT2D eigenvalue weighted by Crippen LogP contribution is -2.30. The number of hydrogen-bond donors (Lipinski definition) is 2. The Morgan fingerprint density at radius 3 is 2.68 bits per heavy atom. The molecule has 5 heteroatoms. The van der Waals surface area contributed by atoms with Crippen molar-refractivity contribution in [2.24, 2.45) is 11.3 Å². The molecule has 1 amide bonds. The zero-order chi connectivity index (χ0) is 14.2. The summed E-state index contributed by atoms with van der Waals surface area (Å²) in [5.41, 5.74) is 0.661. The molecule has 1 fully saturated rings. The van der Waals surface area contributed by atoms with E-state index in [1.807, 2.05) is 0 Å². The van der Waals surface area contributed by atoms with Gasteiger partial charge in [-0.3, -0.25) is 4.79 Å². The Hall–Kier alpha value is -0.770. The Labute approximate surface area is 122 Å². The molecule has 0 radical (unpaired) electrons. The van der Waals surface area contributed by atoms with Crippen molar-refractivity contribution in [3.63, 3.8) is 0 Å². The van der Waals surface area contributed by atoms with Crippen LogP contribution < -0.4 is 5.32 Å². The van der Waals surface area contributed by atoms with Crippen LogP contribution in [0.5, 0.6) is 0 Å². The van der Waals surface area contributed by atoms with E-state index in [2.05, 4.69) is 19.2 Å². The summed E-state index contributed by atoms with van der Waals surface area (Å²) >= 11 is 11.8. The Balaban J connectivity index is 1.91. The number of aliphatic hydroxyl groups excluding tert-OH is 1. The molecule has 0 aliphatic heterocycles. The first-order valence-electron chi connectivity index (χ1n) is 6.22. The van der Waals surface area contributed by atoms with E-state index in [4.69, 9.17) is 23.2 Å². The normalized spacial score (nSPS) is 21.8. The molecule has 1 aromatic carbocycles. The highest BCUT2D eigenvalue weighted by atomic mass is 35.5. The molecule has 1 aliphatic carbocycles. The second-order valence-electron chi connectivity index (χ2n) is 5.67. The van der Waals surface area contributed by atoms with Crippen LogP contribution >= 0.6 is 23.2 Å². The summed E-state index contributed by atoms with van der Waals surface area (Å²) < 4.78 is 0. The summed E-state index contributed by atoms with van der Waals surface area (Å²) in [7, 11) is 0. The first kappa shape index (κ1) is 14.6. The highest BCUT2D eigenvalue weighted by molar-refractivity contribution is 6.35. The van der Waals surface area contributed by atoms with Crippen LogP contribution in [0.1, 0.15) is 31.9 Å². The maximum absolute atomic E-state index is 11.8. The van der Waals surface area contributed by atoms with Gasteiger partial charge in [0.2, 0.25) is 5.91 Å². The number of carbonyl (C=O) groups excluding carboxylic acids is 1. The third kappa shape index (κ3) is 3.41. The van der Waals surface area contributed by atoms with Gasteiger partial charge in [0.15, 0.2) is 0 Å². The van der Waals surface area contributed by atoms with Gasteiger partial charge in [-0.15, -0.1) is 0 Å². The van der Waals surface area contributed by atoms with Crippen molar-refractivity contribution in [1.29, 1.82) is 0 Å². The van der Waals surface area contributed by atoms with Crippen molar-refractivity contribution in [3.05, 3.63) is 33.8 Å². The van der Waals surface area contributed by atoms with Gasteiger partial charge >= 0.3 is 0 Å². The first-order valence-corrected chi connectivity index (χ1v) is 6.97. The number of rotatable bonds is 4. The van der Waals surface area contributed by atoms with Gasteiger partial charge in [0.25, 0.3) is 0 Å². The Morgan fingerprint density at radius 2 is 2.16 bits per heavy atom. The molecule has 0 aromatic heterocycles. The molecule has 0 heterocycles. The van der Waals surface area contributed by atoms with Crippen LogP contribution in [0.2, 0.25) is 10.0 Å². The molecule has 2 N–H and O–H groups in total. The van der Waals surface area contributed by atoms with Crippen molar-refractivity contribution >= 4 is 29.1 Å². The summed E-state index contributed by atoms with van der Waals surface area (Å²) in [5.74, 6) is 0.0505. The molecule has 2 atom stereocenters. The molecule has 1 saturated carbocycles. The fourth-order valence-electron chi connectivity index (χ4n) is 2.12. The second-order valence-corrected chi connectivity index (χ2v) is 6.52. The van der Waals surface area contributed by atoms with Crippen molar-refractivity contribution in [2.75, 3.05) is 6.54 Å². The molecule has 1 aliphatic rings. The predicted molar refractivity (Wildman–Crippen MR) is 76.3 cm³/mol. The number of benzene rings is 1. The van der Waals surface area contributed by atoms with Crippen molar-refractivity contribution < 1.29 is 9.90 Å². The Morgan fingerprint density at radius 1 is 1.53 bits per heavy atom. The molecule has 2 unspecified atom stereocenters. The molecular weight excluding hydrogens is 285 g/mol. The van der Waals surface area contributed by atoms with Crippen LogP contribution in [0.3, 0.4) is 0 Å². The van der Waals surface area contributed by atoms with Gasteiger partial charge in [0.05, 0.1) is 6.10 Å². The van der Waals surface area contributed by atoms with Gasteiger partial charge in [0, 0.05) is 28.1 Å². The van der Waals surface area contributed by atoms with Gasteiger partial charge in [-0.1, -0.05) is 43.1 Å². The van der Waals surface area contributed by atoms with Crippen LogP contribution in [0.25, 0.3) is 0 Å². The van der Waals surface area contributed by atoms with E-state index in [1.165, 1.54) is 0 Å². The quantitative estimate of drug-likeness (QED) is 0.897. The molecule has 1 aromatic rings.